The first-order valence-corrected chi connectivity index (χ1v) is 9.24. The van der Waals surface area contributed by atoms with Crippen LogP contribution < -0.4 is 10.1 Å². The second-order valence-electron chi connectivity index (χ2n) is 6.82. The van der Waals surface area contributed by atoms with Crippen LogP contribution in [-0.2, 0) is 9.59 Å². The molecule has 2 aromatic carbocycles. The van der Waals surface area contributed by atoms with E-state index in [2.05, 4.69) is 5.32 Å². The minimum atomic E-state index is -1.02. The van der Waals surface area contributed by atoms with Crippen molar-refractivity contribution in [3.8, 4) is 11.5 Å². The number of carbonyl (C=O) groups is 2. The third-order valence-corrected chi connectivity index (χ3v) is 4.72. The largest absolute Gasteiger partial charge is 0.454 e. The molecule has 1 saturated heterocycles. The highest BCUT2D eigenvalue weighted by molar-refractivity contribution is 5.92. The van der Waals surface area contributed by atoms with Gasteiger partial charge >= 0.3 is 0 Å². The molecular formula is C21H23FN2O4. The number of benzene rings is 2. The molecule has 2 aromatic rings. The number of para-hydroxylation sites is 1. The Labute approximate surface area is 162 Å². The monoisotopic (exact) mass is 386 g/mol. The highest BCUT2D eigenvalue weighted by Crippen LogP contribution is 2.26. The molecule has 0 spiro atoms. The van der Waals surface area contributed by atoms with E-state index in [1.165, 1.54) is 13.0 Å². The molecule has 2 amide bonds. The molecule has 2 N–H and O–H groups in total. The number of halogens is 1. The molecule has 0 bridgehead atoms. The fourth-order valence-corrected chi connectivity index (χ4v) is 3.13. The van der Waals surface area contributed by atoms with Crippen LogP contribution in [-0.4, -0.2) is 41.0 Å². The number of aliphatic hydroxyl groups excluding tert-OH is 1. The summed E-state index contributed by atoms with van der Waals surface area (Å²) in [6.45, 7) is 2.36. The van der Waals surface area contributed by atoms with Crippen molar-refractivity contribution in [1.82, 2.24) is 4.90 Å². The Balaban J connectivity index is 1.52. The summed E-state index contributed by atoms with van der Waals surface area (Å²) in [5.41, 5.74) is 0.619. The number of amides is 2. The number of hydrogen-bond acceptors (Lipinski definition) is 4. The van der Waals surface area contributed by atoms with Gasteiger partial charge in [-0.05, 0) is 56.2 Å². The Hall–Kier alpha value is -2.93. The molecule has 1 atom stereocenters. The first-order valence-electron chi connectivity index (χ1n) is 9.24. The van der Waals surface area contributed by atoms with Crippen LogP contribution >= 0.6 is 0 Å². The number of nitrogens with one attached hydrogen (secondary N) is 1. The van der Waals surface area contributed by atoms with Gasteiger partial charge in [-0.3, -0.25) is 9.59 Å². The van der Waals surface area contributed by atoms with Crippen LogP contribution in [0.1, 0.15) is 19.8 Å². The van der Waals surface area contributed by atoms with Crippen LogP contribution in [0, 0.1) is 11.7 Å². The van der Waals surface area contributed by atoms with Gasteiger partial charge in [0.1, 0.15) is 11.9 Å². The average Bonchev–Trinajstić information content (AvgIpc) is 2.70. The van der Waals surface area contributed by atoms with E-state index in [1.54, 1.807) is 47.4 Å². The van der Waals surface area contributed by atoms with Gasteiger partial charge in [0.15, 0.2) is 11.6 Å². The first kappa shape index (κ1) is 19.8. The van der Waals surface area contributed by atoms with Crippen LogP contribution in [0.25, 0.3) is 0 Å². The SMILES string of the molecule is C[C@@H](O)C(=O)N1CCC(C(=O)Nc2ccc(Oc3ccccc3F)cc2)CC1. The van der Waals surface area contributed by atoms with Crippen molar-refractivity contribution in [2.24, 2.45) is 5.92 Å². The van der Waals surface area contributed by atoms with E-state index in [-0.39, 0.29) is 23.5 Å². The van der Waals surface area contributed by atoms with Crippen molar-refractivity contribution in [2.75, 3.05) is 18.4 Å². The smallest absolute Gasteiger partial charge is 0.251 e. The third-order valence-electron chi connectivity index (χ3n) is 4.72. The summed E-state index contributed by atoms with van der Waals surface area (Å²) in [4.78, 5) is 25.8. The molecule has 1 aliphatic heterocycles. The first-order chi connectivity index (χ1) is 13.4. The Kier molecular flexibility index (Phi) is 6.26. The van der Waals surface area contributed by atoms with E-state index in [0.29, 0.717) is 37.4 Å². The quantitative estimate of drug-likeness (QED) is 0.827. The van der Waals surface area contributed by atoms with Crippen LogP contribution in [0.3, 0.4) is 0 Å². The molecule has 0 aliphatic carbocycles. The predicted octanol–water partition coefficient (Wildman–Crippen LogP) is 3.18. The number of nitrogens with zero attached hydrogens (tertiary/aromatic N) is 1. The van der Waals surface area contributed by atoms with Gasteiger partial charge in [-0.2, -0.15) is 0 Å². The number of piperidine rings is 1. The molecule has 0 aromatic heterocycles. The summed E-state index contributed by atoms with van der Waals surface area (Å²) in [6, 6.07) is 12.8. The lowest BCUT2D eigenvalue weighted by Gasteiger charge is -2.32. The zero-order valence-electron chi connectivity index (χ0n) is 15.6. The maximum absolute atomic E-state index is 13.6. The molecule has 0 radical (unpaired) electrons. The highest BCUT2D eigenvalue weighted by Gasteiger charge is 2.28. The van der Waals surface area contributed by atoms with Gasteiger partial charge in [-0.15, -0.1) is 0 Å². The van der Waals surface area contributed by atoms with Crippen LogP contribution in [0.15, 0.2) is 48.5 Å². The van der Waals surface area contributed by atoms with E-state index < -0.39 is 11.9 Å². The summed E-state index contributed by atoms with van der Waals surface area (Å²) in [7, 11) is 0. The molecule has 7 heteroatoms. The molecule has 3 rings (SSSR count). The Morgan fingerprint density at radius 1 is 1.14 bits per heavy atom. The zero-order chi connectivity index (χ0) is 20.1. The van der Waals surface area contributed by atoms with Crippen LogP contribution in [0.5, 0.6) is 11.5 Å². The topological polar surface area (TPSA) is 78.9 Å². The lowest BCUT2D eigenvalue weighted by Crippen LogP contribution is -2.44. The van der Waals surface area contributed by atoms with Gasteiger partial charge in [0.25, 0.3) is 5.91 Å². The molecule has 0 saturated carbocycles. The van der Waals surface area contributed by atoms with Gasteiger partial charge in [0.2, 0.25) is 5.91 Å². The van der Waals surface area contributed by atoms with E-state index in [0.717, 1.165) is 0 Å². The Morgan fingerprint density at radius 3 is 2.39 bits per heavy atom. The number of hydrogen-bond donors (Lipinski definition) is 2. The van der Waals surface area contributed by atoms with Crippen molar-refractivity contribution in [3.63, 3.8) is 0 Å². The van der Waals surface area contributed by atoms with E-state index in [1.807, 2.05) is 0 Å². The van der Waals surface area contributed by atoms with Crippen molar-refractivity contribution in [2.45, 2.75) is 25.9 Å². The Bertz CT molecular complexity index is 831. The van der Waals surface area contributed by atoms with Gasteiger partial charge in [0, 0.05) is 24.7 Å². The molecule has 1 fully saturated rings. The molecule has 1 heterocycles. The summed E-state index contributed by atoms with van der Waals surface area (Å²) in [6.07, 6.45) is 0.0906. The number of carbonyl (C=O) groups excluding carboxylic acids is 2. The lowest BCUT2D eigenvalue weighted by atomic mass is 9.95. The van der Waals surface area contributed by atoms with Crippen molar-refractivity contribution >= 4 is 17.5 Å². The third kappa shape index (κ3) is 4.86. The maximum Gasteiger partial charge on any atom is 0.251 e. The molecule has 28 heavy (non-hydrogen) atoms. The summed E-state index contributed by atoms with van der Waals surface area (Å²) in [5.74, 6) is -0.435. The molecule has 6 nitrogen and oxygen atoms in total. The lowest BCUT2D eigenvalue weighted by molar-refractivity contribution is -0.141. The van der Waals surface area contributed by atoms with E-state index in [4.69, 9.17) is 4.74 Å². The molecular weight excluding hydrogens is 363 g/mol. The summed E-state index contributed by atoms with van der Waals surface area (Å²) >= 11 is 0. The van der Waals surface area contributed by atoms with E-state index >= 15 is 0 Å². The zero-order valence-corrected chi connectivity index (χ0v) is 15.6. The van der Waals surface area contributed by atoms with Crippen LogP contribution in [0.4, 0.5) is 10.1 Å². The summed E-state index contributed by atoms with van der Waals surface area (Å²) < 4.78 is 19.1. The minimum absolute atomic E-state index is 0.105. The predicted molar refractivity (Wildman–Crippen MR) is 103 cm³/mol. The second kappa shape index (κ2) is 8.84. The maximum atomic E-state index is 13.6. The number of rotatable bonds is 5. The fourth-order valence-electron chi connectivity index (χ4n) is 3.13. The van der Waals surface area contributed by atoms with Gasteiger partial charge < -0.3 is 20.1 Å². The van der Waals surface area contributed by atoms with Crippen molar-refractivity contribution in [3.05, 3.63) is 54.3 Å². The molecule has 1 aliphatic rings. The second-order valence-corrected chi connectivity index (χ2v) is 6.82. The highest BCUT2D eigenvalue weighted by atomic mass is 19.1. The summed E-state index contributed by atoms with van der Waals surface area (Å²) in [5, 5.41) is 12.2. The number of likely N-dealkylation sites (tertiary alicyclic amines) is 1. The number of anilines is 1. The fraction of sp³-hybridized carbons (Fsp3) is 0.333. The minimum Gasteiger partial charge on any atom is -0.454 e. The van der Waals surface area contributed by atoms with Crippen molar-refractivity contribution < 1.29 is 23.8 Å². The molecule has 0 unspecified atom stereocenters. The van der Waals surface area contributed by atoms with Crippen LogP contribution in [0.2, 0.25) is 0 Å². The van der Waals surface area contributed by atoms with E-state index in [9.17, 15) is 19.1 Å². The average molecular weight is 386 g/mol. The van der Waals surface area contributed by atoms with Gasteiger partial charge in [-0.25, -0.2) is 4.39 Å². The van der Waals surface area contributed by atoms with Gasteiger partial charge in [-0.1, -0.05) is 12.1 Å². The molecule has 148 valence electrons. The number of aliphatic hydroxyl groups is 1. The normalized spacial score (nSPS) is 15.8. The standard InChI is InChI=1S/C21H23FN2O4/c1-14(25)21(27)24-12-10-15(11-13-24)20(26)23-16-6-8-17(9-7-16)28-19-5-3-2-4-18(19)22/h2-9,14-15,25H,10-13H2,1H3,(H,23,26)/t14-/m1/s1. The van der Waals surface area contributed by atoms with Crippen molar-refractivity contribution in [1.29, 1.82) is 0 Å². The van der Waals surface area contributed by atoms with Gasteiger partial charge in [0.05, 0.1) is 0 Å². The number of ether oxygens (including phenoxy) is 1. The Morgan fingerprint density at radius 2 is 1.79 bits per heavy atom.